The highest BCUT2D eigenvalue weighted by Crippen LogP contribution is 2.12. The summed E-state index contributed by atoms with van der Waals surface area (Å²) in [5.74, 6) is -2.29. The number of nitrogens with one attached hydrogen (secondary N) is 1. The number of halogens is 2. The van der Waals surface area contributed by atoms with Gasteiger partial charge in [-0.2, -0.15) is 0 Å². The highest BCUT2D eigenvalue weighted by molar-refractivity contribution is 6.30. The largest absolute Gasteiger partial charge is 0.480 e. The Morgan fingerprint density at radius 2 is 1.77 bits per heavy atom. The summed E-state index contributed by atoms with van der Waals surface area (Å²) in [4.78, 5) is 23.3. The van der Waals surface area contributed by atoms with Gasteiger partial charge in [-0.05, 0) is 35.9 Å². The zero-order valence-corrected chi connectivity index (χ0v) is 12.2. The van der Waals surface area contributed by atoms with Gasteiger partial charge in [0.15, 0.2) is 0 Å². The molecule has 2 aromatic carbocycles. The lowest BCUT2D eigenvalue weighted by Gasteiger charge is -2.15. The van der Waals surface area contributed by atoms with Gasteiger partial charge in [0.25, 0.3) is 5.91 Å². The summed E-state index contributed by atoms with van der Waals surface area (Å²) in [5.41, 5.74) is 0.510. The molecule has 0 bridgehead atoms. The quantitative estimate of drug-likeness (QED) is 0.890. The lowest BCUT2D eigenvalue weighted by atomic mass is 10.0. The number of hydrogen-bond acceptors (Lipinski definition) is 2. The van der Waals surface area contributed by atoms with Gasteiger partial charge in [-0.1, -0.05) is 29.8 Å². The molecule has 2 N–H and O–H groups in total. The fourth-order valence-corrected chi connectivity index (χ4v) is 2.05. The van der Waals surface area contributed by atoms with E-state index in [1.165, 1.54) is 42.5 Å². The molecule has 0 aliphatic carbocycles. The van der Waals surface area contributed by atoms with Crippen molar-refractivity contribution in [3.8, 4) is 0 Å². The van der Waals surface area contributed by atoms with Crippen molar-refractivity contribution in [1.29, 1.82) is 0 Å². The summed E-state index contributed by atoms with van der Waals surface area (Å²) >= 11 is 5.73. The topological polar surface area (TPSA) is 66.4 Å². The molecule has 0 aliphatic heterocycles. The fraction of sp³-hybridized carbons (Fsp3) is 0.125. The molecular formula is C16H13ClFNO3. The van der Waals surface area contributed by atoms with Crippen molar-refractivity contribution in [3.63, 3.8) is 0 Å². The van der Waals surface area contributed by atoms with Crippen LogP contribution in [0.15, 0.2) is 48.5 Å². The van der Waals surface area contributed by atoms with Crippen LogP contribution in [0.4, 0.5) is 4.39 Å². The molecule has 0 aromatic heterocycles. The number of carboxylic acid groups (broad SMARTS) is 1. The van der Waals surface area contributed by atoms with Crippen LogP contribution in [0.3, 0.4) is 0 Å². The van der Waals surface area contributed by atoms with Crippen LogP contribution >= 0.6 is 11.6 Å². The van der Waals surface area contributed by atoms with Crippen LogP contribution < -0.4 is 5.32 Å². The third-order valence-corrected chi connectivity index (χ3v) is 3.34. The van der Waals surface area contributed by atoms with E-state index in [-0.39, 0.29) is 17.5 Å². The molecule has 1 atom stereocenters. The Hall–Kier alpha value is -2.40. The highest BCUT2D eigenvalue weighted by Gasteiger charge is 2.22. The smallest absolute Gasteiger partial charge is 0.326 e. The summed E-state index contributed by atoms with van der Waals surface area (Å²) in [6.07, 6.45) is -0.138. The van der Waals surface area contributed by atoms with Gasteiger partial charge >= 0.3 is 5.97 Å². The Bertz CT molecular complexity index is 688. The third kappa shape index (κ3) is 4.05. The van der Waals surface area contributed by atoms with Crippen LogP contribution in [-0.4, -0.2) is 23.0 Å². The maximum absolute atomic E-state index is 13.6. The van der Waals surface area contributed by atoms with E-state index in [1.54, 1.807) is 6.07 Å². The summed E-state index contributed by atoms with van der Waals surface area (Å²) in [6, 6.07) is 10.7. The summed E-state index contributed by atoms with van der Waals surface area (Å²) in [5, 5.41) is 12.1. The Morgan fingerprint density at radius 3 is 2.36 bits per heavy atom. The van der Waals surface area contributed by atoms with E-state index in [4.69, 9.17) is 11.6 Å². The van der Waals surface area contributed by atoms with Crippen molar-refractivity contribution in [2.75, 3.05) is 0 Å². The lowest BCUT2D eigenvalue weighted by Crippen LogP contribution is -2.42. The number of carboxylic acids is 1. The molecule has 1 amide bonds. The molecule has 6 heteroatoms. The molecule has 2 rings (SSSR count). The van der Waals surface area contributed by atoms with Gasteiger partial charge in [0.1, 0.15) is 11.9 Å². The minimum atomic E-state index is -1.23. The molecule has 0 spiro atoms. The maximum atomic E-state index is 13.6. The van der Waals surface area contributed by atoms with Crippen LogP contribution in [0, 0.1) is 5.82 Å². The average molecular weight is 322 g/mol. The molecule has 0 radical (unpaired) electrons. The van der Waals surface area contributed by atoms with Gasteiger partial charge in [-0.25, -0.2) is 9.18 Å². The summed E-state index contributed by atoms with van der Waals surface area (Å²) < 4.78 is 13.6. The van der Waals surface area contributed by atoms with Crippen molar-refractivity contribution in [3.05, 3.63) is 70.5 Å². The number of benzene rings is 2. The second kappa shape index (κ2) is 7.04. The van der Waals surface area contributed by atoms with Crippen molar-refractivity contribution >= 4 is 23.5 Å². The van der Waals surface area contributed by atoms with Crippen LogP contribution in [0.2, 0.25) is 5.02 Å². The highest BCUT2D eigenvalue weighted by atomic mass is 35.5. The third-order valence-electron chi connectivity index (χ3n) is 3.09. The zero-order chi connectivity index (χ0) is 16.1. The van der Waals surface area contributed by atoms with E-state index >= 15 is 0 Å². The first kappa shape index (κ1) is 16.0. The standard InChI is InChI=1S/C16H13ClFNO3/c17-12-7-5-10(6-8-12)15(20)19-14(16(21)22)9-11-3-1-2-4-13(11)18/h1-8,14H,9H2,(H,19,20)(H,21,22)/t14-/m1/s1. The Balaban J connectivity index is 2.12. The maximum Gasteiger partial charge on any atom is 0.326 e. The molecule has 2 aromatic rings. The van der Waals surface area contributed by atoms with Gasteiger partial charge < -0.3 is 10.4 Å². The van der Waals surface area contributed by atoms with Crippen LogP contribution in [0.5, 0.6) is 0 Å². The number of aliphatic carboxylic acids is 1. The predicted molar refractivity (Wildman–Crippen MR) is 80.4 cm³/mol. The molecule has 0 saturated heterocycles. The molecule has 0 saturated carbocycles. The Labute approximate surface area is 131 Å². The zero-order valence-electron chi connectivity index (χ0n) is 11.4. The summed E-state index contributed by atoms with van der Waals surface area (Å²) in [6.45, 7) is 0. The average Bonchev–Trinajstić information content (AvgIpc) is 2.49. The van der Waals surface area contributed by atoms with Crippen molar-refractivity contribution in [2.45, 2.75) is 12.5 Å². The van der Waals surface area contributed by atoms with Crippen molar-refractivity contribution < 1.29 is 19.1 Å². The molecule has 114 valence electrons. The predicted octanol–water partition coefficient (Wildman–Crippen LogP) is 2.90. The number of carbonyl (C=O) groups excluding carboxylic acids is 1. The number of carbonyl (C=O) groups is 2. The Morgan fingerprint density at radius 1 is 1.14 bits per heavy atom. The molecule has 22 heavy (non-hydrogen) atoms. The van der Waals surface area contributed by atoms with Crippen molar-refractivity contribution in [2.24, 2.45) is 0 Å². The second-order valence-electron chi connectivity index (χ2n) is 4.67. The first-order valence-electron chi connectivity index (χ1n) is 6.50. The minimum Gasteiger partial charge on any atom is -0.480 e. The van der Waals surface area contributed by atoms with Gasteiger partial charge in [0.2, 0.25) is 0 Å². The van der Waals surface area contributed by atoms with E-state index in [2.05, 4.69) is 5.32 Å². The molecule has 0 heterocycles. The Kier molecular flexibility index (Phi) is 5.12. The van der Waals surface area contributed by atoms with Gasteiger partial charge in [0.05, 0.1) is 0 Å². The second-order valence-corrected chi connectivity index (χ2v) is 5.10. The first-order chi connectivity index (χ1) is 10.5. The molecule has 0 aliphatic rings. The van der Waals surface area contributed by atoms with E-state index < -0.39 is 23.7 Å². The van der Waals surface area contributed by atoms with E-state index in [0.717, 1.165) is 0 Å². The van der Waals surface area contributed by atoms with E-state index in [9.17, 15) is 19.1 Å². The van der Waals surface area contributed by atoms with Gasteiger partial charge in [-0.15, -0.1) is 0 Å². The van der Waals surface area contributed by atoms with Crippen LogP contribution in [0.25, 0.3) is 0 Å². The fourth-order valence-electron chi connectivity index (χ4n) is 1.93. The monoisotopic (exact) mass is 321 g/mol. The lowest BCUT2D eigenvalue weighted by molar-refractivity contribution is -0.139. The number of rotatable bonds is 5. The minimum absolute atomic E-state index is 0.138. The molecule has 0 fully saturated rings. The van der Waals surface area contributed by atoms with Gasteiger partial charge in [0, 0.05) is 17.0 Å². The summed E-state index contributed by atoms with van der Waals surface area (Å²) in [7, 11) is 0. The van der Waals surface area contributed by atoms with Crippen LogP contribution in [-0.2, 0) is 11.2 Å². The first-order valence-corrected chi connectivity index (χ1v) is 6.88. The van der Waals surface area contributed by atoms with E-state index in [0.29, 0.717) is 5.02 Å². The number of hydrogen-bond donors (Lipinski definition) is 2. The molecular weight excluding hydrogens is 309 g/mol. The normalized spacial score (nSPS) is 11.7. The molecule has 4 nitrogen and oxygen atoms in total. The van der Waals surface area contributed by atoms with Crippen LogP contribution in [0.1, 0.15) is 15.9 Å². The SMILES string of the molecule is O=C(N[C@H](Cc1ccccc1F)C(=O)O)c1ccc(Cl)cc1. The van der Waals surface area contributed by atoms with Crippen molar-refractivity contribution in [1.82, 2.24) is 5.32 Å². The number of amides is 1. The van der Waals surface area contributed by atoms with Gasteiger partial charge in [-0.3, -0.25) is 4.79 Å². The molecule has 0 unspecified atom stereocenters. The van der Waals surface area contributed by atoms with E-state index in [1.807, 2.05) is 0 Å².